The zero-order chi connectivity index (χ0) is 8.27. The van der Waals surface area contributed by atoms with Gasteiger partial charge in [-0.05, 0) is 18.2 Å². The van der Waals surface area contributed by atoms with E-state index in [9.17, 15) is 4.39 Å². The van der Waals surface area contributed by atoms with E-state index in [0.29, 0.717) is 4.47 Å². The van der Waals surface area contributed by atoms with E-state index in [0.717, 1.165) is 0 Å². The van der Waals surface area contributed by atoms with Crippen LogP contribution in [-0.4, -0.2) is 6.07 Å². The fraction of sp³-hybridized carbons (Fsp3) is 0.143. The van der Waals surface area contributed by atoms with Crippen LogP contribution in [0.2, 0.25) is 0 Å². The molecule has 0 unspecified atom stereocenters. The number of hydrogen-bond acceptors (Lipinski definition) is 1. The van der Waals surface area contributed by atoms with Gasteiger partial charge >= 0.3 is 0 Å². The molecule has 0 spiro atoms. The highest BCUT2D eigenvalue weighted by atomic mass is 79.9. The molecule has 0 atom stereocenters. The molecule has 1 rings (SSSR count). The SMILES string of the molecule is Fc1cc(Br)ccc1OCCl. The molecule has 0 radical (unpaired) electrons. The highest BCUT2D eigenvalue weighted by molar-refractivity contribution is 9.10. The average molecular weight is 239 g/mol. The largest absolute Gasteiger partial charge is 0.475 e. The standard InChI is InChI=1S/C7H5BrClFO/c8-5-1-2-7(11-4-9)6(10)3-5/h1-3H,4H2. The molecule has 0 saturated heterocycles. The maximum absolute atomic E-state index is 12.8. The van der Waals surface area contributed by atoms with E-state index in [2.05, 4.69) is 15.9 Å². The van der Waals surface area contributed by atoms with Crippen molar-refractivity contribution in [2.24, 2.45) is 0 Å². The number of ether oxygens (including phenoxy) is 1. The highest BCUT2D eigenvalue weighted by Gasteiger charge is 2.01. The van der Waals surface area contributed by atoms with Crippen LogP contribution >= 0.6 is 27.5 Å². The fourth-order valence-corrected chi connectivity index (χ4v) is 1.10. The third kappa shape index (κ3) is 2.34. The van der Waals surface area contributed by atoms with Gasteiger partial charge in [-0.2, -0.15) is 0 Å². The second-order valence-electron chi connectivity index (χ2n) is 1.83. The number of hydrogen-bond donors (Lipinski definition) is 0. The number of alkyl halides is 1. The van der Waals surface area contributed by atoms with Crippen LogP contribution in [0.3, 0.4) is 0 Å². The van der Waals surface area contributed by atoms with Crippen molar-refractivity contribution in [3.05, 3.63) is 28.5 Å². The zero-order valence-electron chi connectivity index (χ0n) is 5.48. The van der Waals surface area contributed by atoms with Crippen molar-refractivity contribution in [3.8, 4) is 5.75 Å². The molecule has 4 heteroatoms. The second-order valence-corrected chi connectivity index (χ2v) is 2.96. The van der Waals surface area contributed by atoms with Crippen molar-refractivity contribution in [1.29, 1.82) is 0 Å². The monoisotopic (exact) mass is 238 g/mol. The van der Waals surface area contributed by atoms with Gasteiger partial charge in [0.05, 0.1) is 0 Å². The van der Waals surface area contributed by atoms with E-state index < -0.39 is 5.82 Å². The van der Waals surface area contributed by atoms with Crippen LogP contribution < -0.4 is 4.74 Å². The van der Waals surface area contributed by atoms with Crippen molar-refractivity contribution in [2.75, 3.05) is 6.07 Å². The van der Waals surface area contributed by atoms with Crippen LogP contribution in [0.15, 0.2) is 22.7 Å². The van der Waals surface area contributed by atoms with Gasteiger partial charge in [0.1, 0.15) is 0 Å². The Bertz CT molecular complexity index is 254. The van der Waals surface area contributed by atoms with Gasteiger partial charge in [-0.1, -0.05) is 27.5 Å². The van der Waals surface area contributed by atoms with Crippen molar-refractivity contribution in [3.63, 3.8) is 0 Å². The summed E-state index contributed by atoms with van der Waals surface area (Å²) in [6.45, 7) is 0. The van der Waals surface area contributed by atoms with Gasteiger partial charge in [0.15, 0.2) is 17.6 Å². The van der Waals surface area contributed by atoms with Crippen LogP contribution in [0.4, 0.5) is 4.39 Å². The number of rotatable bonds is 2. The van der Waals surface area contributed by atoms with Crippen molar-refractivity contribution in [1.82, 2.24) is 0 Å². The Hall–Kier alpha value is -0.280. The lowest BCUT2D eigenvalue weighted by Crippen LogP contribution is -1.91. The predicted molar refractivity (Wildman–Crippen MR) is 45.4 cm³/mol. The van der Waals surface area contributed by atoms with E-state index in [1.54, 1.807) is 6.07 Å². The summed E-state index contributed by atoms with van der Waals surface area (Å²) >= 11 is 8.37. The van der Waals surface area contributed by atoms with Gasteiger partial charge in [0.2, 0.25) is 0 Å². The molecule has 1 aromatic carbocycles. The van der Waals surface area contributed by atoms with Crippen molar-refractivity contribution >= 4 is 27.5 Å². The van der Waals surface area contributed by atoms with Gasteiger partial charge in [-0.3, -0.25) is 0 Å². The van der Waals surface area contributed by atoms with Crippen LogP contribution in [0.5, 0.6) is 5.75 Å². The maximum atomic E-state index is 12.8. The minimum atomic E-state index is -0.417. The summed E-state index contributed by atoms with van der Waals surface area (Å²) in [4.78, 5) is 0. The van der Waals surface area contributed by atoms with E-state index in [4.69, 9.17) is 16.3 Å². The first-order valence-electron chi connectivity index (χ1n) is 2.88. The van der Waals surface area contributed by atoms with Crippen LogP contribution in [0, 0.1) is 5.82 Å². The van der Waals surface area contributed by atoms with E-state index in [1.807, 2.05) is 0 Å². The lowest BCUT2D eigenvalue weighted by atomic mass is 10.3. The van der Waals surface area contributed by atoms with Crippen molar-refractivity contribution < 1.29 is 9.13 Å². The predicted octanol–water partition coefficient (Wildman–Crippen LogP) is 3.16. The molecule has 0 aromatic heterocycles. The van der Waals surface area contributed by atoms with Crippen molar-refractivity contribution in [2.45, 2.75) is 0 Å². The van der Waals surface area contributed by atoms with Crippen LogP contribution in [0.25, 0.3) is 0 Å². The Balaban J connectivity index is 2.90. The molecule has 0 N–H and O–H groups in total. The van der Waals surface area contributed by atoms with E-state index in [-0.39, 0.29) is 11.8 Å². The molecule has 0 bridgehead atoms. The summed E-state index contributed by atoms with van der Waals surface area (Å²) in [5.41, 5.74) is 0. The summed E-state index contributed by atoms with van der Waals surface area (Å²) < 4.78 is 18.3. The molecule has 1 aromatic rings. The summed E-state index contributed by atoms with van der Waals surface area (Å²) in [6, 6.07) is 4.48. The normalized spacial score (nSPS) is 9.73. The molecule has 1 nitrogen and oxygen atoms in total. The molecule has 0 amide bonds. The summed E-state index contributed by atoms with van der Waals surface area (Å²) in [5, 5.41) is 0. The minimum absolute atomic E-state index is 0.0431. The Morgan fingerprint density at radius 3 is 2.82 bits per heavy atom. The first-order chi connectivity index (χ1) is 5.24. The minimum Gasteiger partial charge on any atom is -0.475 e. The fourth-order valence-electron chi connectivity index (χ4n) is 0.651. The molecule has 60 valence electrons. The summed E-state index contributed by atoms with van der Waals surface area (Å²) in [5.74, 6) is -0.247. The van der Waals surface area contributed by atoms with Gasteiger partial charge in [-0.15, -0.1) is 0 Å². The van der Waals surface area contributed by atoms with E-state index in [1.165, 1.54) is 12.1 Å². The van der Waals surface area contributed by atoms with Gasteiger partial charge in [0, 0.05) is 4.47 Å². The van der Waals surface area contributed by atoms with Gasteiger partial charge in [-0.25, -0.2) is 4.39 Å². The zero-order valence-corrected chi connectivity index (χ0v) is 7.82. The quantitative estimate of drug-likeness (QED) is 0.720. The lowest BCUT2D eigenvalue weighted by Gasteiger charge is -2.02. The number of halogens is 3. The third-order valence-corrected chi connectivity index (χ3v) is 1.71. The molecule has 0 aliphatic carbocycles. The molecule has 0 aliphatic heterocycles. The van der Waals surface area contributed by atoms with E-state index >= 15 is 0 Å². The second kappa shape index (κ2) is 3.93. The first kappa shape index (κ1) is 8.81. The highest BCUT2D eigenvalue weighted by Crippen LogP contribution is 2.21. The summed E-state index contributed by atoms with van der Waals surface area (Å²) in [6.07, 6.45) is 0. The van der Waals surface area contributed by atoms with Gasteiger partial charge < -0.3 is 4.74 Å². The topological polar surface area (TPSA) is 9.23 Å². The summed E-state index contributed by atoms with van der Waals surface area (Å²) in [7, 11) is 0. The first-order valence-corrected chi connectivity index (χ1v) is 4.20. The molecule has 11 heavy (non-hydrogen) atoms. The Morgan fingerprint density at radius 1 is 1.55 bits per heavy atom. The molecule has 0 fully saturated rings. The average Bonchev–Trinajstić information content (AvgIpc) is 1.95. The van der Waals surface area contributed by atoms with Crippen LogP contribution in [-0.2, 0) is 0 Å². The Kier molecular flexibility index (Phi) is 3.15. The smallest absolute Gasteiger partial charge is 0.166 e. The molecular weight excluding hydrogens is 234 g/mol. The molecule has 0 heterocycles. The third-order valence-electron chi connectivity index (χ3n) is 1.10. The van der Waals surface area contributed by atoms with Crippen LogP contribution in [0.1, 0.15) is 0 Å². The maximum Gasteiger partial charge on any atom is 0.166 e. The van der Waals surface area contributed by atoms with Gasteiger partial charge in [0.25, 0.3) is 0 Å². The Morgan fingerprint density at radius 2 is 2.27 bits per heavy atom. The molecule has 0 saturated carbocycles. The number of benzene rings is 1. The Labute approximate surface area is 77.2 Å². The lowest BCUT2D eigenvalue weighted by molar-refractivity contribution is 0.363. The molecule has 0 aliphatic rings. The molecular formula is C7H5BrClFO.